The smallest absolute Gasteiger partial charge is 0.336 e. The fraction of sp³-hybridized carbons (Fsp3) is 0.542. The van der Waals surface area contributed by atoms with Gasteiger partial charge in [0, 0.05) is 23.4 Å². The maximum atomic E-state index is 11.5. The lowest BCUT2D eigenvalue weighted by molar-refractivity contribution is -0.119. The molecule has 1 aromatic heterocycles. The van der Waals surface area contributed by atoms with Crippen molar-refractivity contribution < 1.29 is 14.3 Å². The Bertz CT molecular complexity index is 970. The van der Waals surface area contributed by atoms with Crippen molar-refractivity contribution in [2.75, 3.05) is 6.61 Å². The lowest BCUT2D eigenvalue weighted by atomic mass is 9.48. The van der Waals surface area contributed by atoms with E-state index in [1.165, 1.54) is 11.6 Å². The van der Waals surface area contributed by atoms with Crippen molar-refractivity contribution in [3.63, 3.8) is 0 Å². The highest BCUT2D eigenvalue weighted by Crippen LogP contribution is 2.59. The van der Waals surface area contributed by atoms with E-state index in [1.54, 1.807) is 12.1 Å². The summed E-state index contributed by atoms with van der Waals surface area (Å²) in [6, 6.07) is 8.84. The molecule has 4 heteroatoms. The number of ether oxygens (including phenoxy) is 1. The normalized spacial score (nSPS) is 31.9. The van der Waals surface area contributed by atoms with Crippen molar-refractivity contribution >= 4 is 11.0 Å². The number of hydrogen-bond acceptors (Lipinski definition) is 4. The van der Waals surface area contributed by atoms with Crippen molar-refractivity contribution in [2.45, 2.75) is 53.1 Å². The van der Waals surface area contributed by atoms with Crippen LogP contribution in [0.5, 0.6) is 5.75 Å². The highest BCUT2D eigenvalue weighted by molar-refractivity contribution is 5.77. The fourth-order valence-electron chi connectivity index (χ4n) is 5.66. The van der Waals surface area contributed by atoms with Crippen molar-refractivity contribution in [1.82, 2.24) is 0 Å². The standard InChI is InChI=1S/C24H30O4/c1-15-5-9-20-23(2,3)21(25)11-12-24(20,4)18(15)14-27-17-8-6-16-7-10-22(26)28-19(16)13-17/h5-8,10,13,18,20-21,25H,9,11-12,14H2,1-4H3/t18-,20-,21-,24+/m1/s1. The summed E-state index contributed by atoms with van der Waals surface area (Å²) in [4.78, 5) is 11.5. The zero-order valence-corrected chi connectivity index (χ0v) is 17.2. The summed E-state index contributed by atoms with van der Waals surface area (Å²) >= 11 is 0. The molecule has 1 aromatic carbocycles. The molecule has 4 atom stereocenters. The second kappa shape index (κ2) is 6.77. The molecule has 150 valence electrons. The minimum Gasteiger partial charge on any atom is -0.493 e. The first-order valence-corrected chi connectivity index (χ1v) is 10.2. The molecule has 2 aromatic rings. The van der Waals surface area contributed by atoms with Crippen LogP contribution in [0.15, 0.2) is 51.2 Å². The molecule has 0 aliphatic heterocycles. The Hall–Kier alpha value is -2.07. The minimum absolute atomic E-state index is 0.102. The maximum absolute atomic E-state index is 11.5. The van der Waals surface area contributed by atoms with Crippen LogP contribution < -0.4 is 10.4 Å². The number of aliphatic hydroxyl groups is 1. The average molecular weight is 383 g/mol. The second-order valence-electron chi connectivity index (χ2n) is 9.44. The van der Waals surface area contributed by atoms with Crippen LogP contribution in [0, 0.1) is 22.7 Å². The first kappa shape index (κ1) is 19.3. The van der Waals surface area contributed by atoms with E-state index in [9.17, 15) is 9.90 Å². The van der Waals surface area contributed by atoms with Crippen LogP contribution in [0.1, 0.15) is 47.0 Å². The zero-order chi connectivity index (χ0) is 20.1. The average Bonchev–Trinajstić information content (AvgIpc) is 2.64. The molecule has 2 aliphatic carbocycles. The van der Waals surface area contributed by atoms with Crippen LogP contribution >= 0.6 is 0 Å². The Morgan fingerprint density at radius 1 is 1.21 bits per heavy atom. The summed E-state index contributed by atoms with van der Waals surface area (Å²) in [6.07, 6.45) is 4.95. The highest BCUT2D eigenvalue weighted by atomic mass is 16.5. The van der Waals surface area contributed by atoms with Crippen molar-refractivity contribution in [2.24, 2.45) is 22.7 Å². The van der Waals surface area contributed by atoms with Gasteiger partial charge in [0.05, 0.1) is 12.7 Å². The molecule has 4 rings (SSSR count). The molecule has 1 N–H and O–H groups in total. The van der Waals surface area contributed by atoms with Gasteiger partial charge in [-0.05, 0) is 61.1 Å². The molecule has 1 heterocycles. The number of rotatable bonds is 3. The first-order valence-electron chi connectivity index (χ1n) is 10.2. The zero-order valence-electron chi connectivity index (χ0n) is 17.2. The van der Waals surface area contributed by atoms with E-state index >= 15 is 0 Å². The van der Waals surface area contributed by atoms with Gasteiger partial charge in [-0.15, -0.1) is 0 Å². The summed E-state index contributed by atoms with van der Waals surface area (Å²) < 4.78 is 11.5. The quantitative estimate of drug-likeness (QED) is 0.603. The van der Waals surface area contributed by atoms with Crippen LogP contribution in [0.25, 0.3) is 11.0 Å². The van der Waals surface area contributed by atoms with Gasteiger partial charge >= 0.3 is 5.63 Å². The molecule has 0 unspecified atom stereocenters. The summed E-state index contributed by atoms with van der Waals surface area (Å²) in [5, 5.41) is 11.5. The predicted molar refractivity (Wildman–Crippen MR) is 110 cm³/mol. The van der Waals surface area contributed by atoms with Crippen LogP contribution in [-0.4, -0.2) is 17.8 Å². The van der Waals surface area contributed by atoms with E-state index in [1.807, 2.05) is 12.1 Å². The lowest BCUT2D eigenvalue weighted by Crippen LogP contribution is -2.55. The molecule has 2 aliphatic rings. The van der Waals surface area contributed by atoms with Crippen LogP contribution in [-0.2, 0) is 0 Å². The second-order valence-corrected chi connectivity index (χ2v) is 9.44. The molecule has 1 fully saturated rings. The van der Waals surface area contributed by atoms with Crippen LogP contribution in [0.2, 0.25) is 0 Å². The van der Waals surface area contributed by atoms with Crippen LogP contribution in [0.4, 0.5) is 0 Å². The highest BCUT2D eigenvalue weighted by Gasteiger charge is 2.55. The molecular formula is C24H30O4. The van der Waals surface area contributed by atoms with Gasteiger partial charge in [-0.1, -0.05) is 32.4 Å². The maximum Gasteiger partial charge on any atom is 0.336 e. The molecular weight excluding hydrogens is 352 g/mol. The molecule has 0 bridgehead atoms. The number of benzene rings is 1. The molecule has 0 spiro atoms. The van der Waals surface area contributed by atoms with Crippen molar-refractivity contribution in [1.29, 1.82) is 0 Å². The van der Waals surface area contributed by atoms with Crippen molar-refractivity contribution in [3.8, 4) is 5.75 Å². The lowest BCUT2D eigenvalue weighted by Gasteiger charge is -2.58. The fourth-order valence-corrected chi connectivity index (χ4v) is 5.66. The topological polar surface area (TPSA) is 59.7 Å². The van der Waals surface area contributed by atoms with Gasteiger partial charge in [-0.3, -0.25) is 0 Å². The Morgan fingerprint density at radius 2 is 1.96 bits per heavy atom. The molecule has 0 amide bonds. The molecule has 28 heavy (non-hydrogen) atoms. The third kappa shape index (κ3) is 3.08. The summed E-state index contributed by atoms with van der Waals surface area (Å²) in [7, 11) is 0. The Labute approximate surface area is 166 Å². The Balaban J connectivity index is 1.59. The molecule has 0 saturated heterocycles. The van der Waals surface area contributed by atoms with E-state index in [4.69, 9.17) is 9.15 Å². The number of aliphatic hydroxyl groups excluding tert-OH is 1. The van der Waals surface area contributed by atoms with Gasteiger partial charge in [0.25, 0.3) is 0 Å². The van der Waals surface area contributed by atoms with Crippen LogP contribution in [0.3, 0.4) is 0 Å². The first-order chi connectivity index (χ1) is 13.2. The summed E-state index contributed by atoms with van der Waals surface area (Å²) in [6.45, 7) is 9.57. The minimum atomic E-state index is -0.353. The Kier molecular flexibility index (Phi) is 4.65. The summed E-state index contributed by atoms with van der Waals surface area (Å²) in [5.74, 6) is 1.45. The van der Waals surface area contributed by atoms with Gasteiger partial charge in [-0.25, -0.2) is 4.79 Å². The monoisotopic (exact) mass is 382 g/mol. The van der Waals surface area contributed by atoms with Crippen molar-refractivity contribution in [3.05, 3.63) is 52.4 Å². The van der Waals surface area contributed by atoms with Gasteiger partial charge < -0.3 is 14.3 Å². The predicted octanol–water partition coefficient (Wildman–Crippen LogP) is 4.94. The van der Waals surface area contributed by atoms with Gasteiger partial charge in [0.2, 0.25) is 0 Å². The van der Waals surface area contributed by atoms with E-state index in [-0.39, 0.29) is 22.6 Å². The van der Waals surface area contributed by atoms with Gasteiger partial charge in [0.15, 0.2) is 0 Å². The molecule has 0 radical (unpaired) electrons. The largest absolute Gasteiger partial charge is 0.493 e. The summed E-state index contributed by atoms with van der Waals surface area (Å²) in [5.41, 5.74) is 1.57. The van der Waals surface area contributed by atoms with E-state index in [0.29, 0.717) is 24.0 Å². The van der Waals surface area contributed by atoms with E-state index in [0.717, 1.165) is 30.4 Å². The van der Waals surface area contributed by atoms with Gasteiger partial charge in [0.1, 0.15) is 11.3 Å². The SMILES string of the molecule is CC1=CC[C@@H]2C(C)(C)[C@H](O)CC[C@@]2(C)[C@@H]1COc1ccc2ccc(=O)oc2c1. The Morgan fingerprint density at radius 3 is 2.75 bits per heavy atom. The van der Waals surface area contributed by atoms with E-state index < -0.39 is 0 Å². The third-order valence-electron chi connectivity index (χ3n) is 7.54. The molecule has 4 nitrogen and oxygen atoms in total. The third-order valence-corrected chi connectivity index (χ3v) is 7.54. The number of fused-ring (bicyclic) bond motifs is 2. The van der Waals surface area contributed by atoms with Gasteiger partial charge in [-0.2, -0.15) is 0 Å². The number of allylic oxidation sites excluding steroid dienone is 1. The molecule has 1 saturated carbocycles. The van der Waals surface area contributed by atoms with E-state index in [2.05, 4.69) is 33.8 Å². The number of hydrogen-bond donors (Lipinski definition) is 1.